The van der Waals surface area contributed by atoms with E-state index >= 15 is 0 Å². The van der Waals surface area contributed by atoms with Gasteiger partial charge in [-0.15, -0.1) is 0 Å². The summed E-state index contributed by atoms with van der Waals surface area (Å²) in [7, 11) is 0. The van der Waals surface area contributed by atoms with Crippen molar-refractivity contribution in [3.8, 4) is 11.5 Å². The molecule has 3 rings (SSSR count). The summed E-state index contributed by atoms with van der Waals surface area (Å²) in [4.78, 5) is 0. The number of halogens is 3. The minimum atomic E-state index is -0.779. The van der Waals surface area contributed by atoms with Gasteiger partial charge in [0.2, 0.25) is 6.79 Å². The summed E-state index contributed by atoms with van der Waals surface area (Å²) in [6, 6.07) is 7.72. The molecule has 21 heavy (non-hydrogen) atoms. The van der Waals surface area contributed by atoms with E-state index in [9.17, 15) is 9.50 Å². The van der Waals surface area contributed by atoms with Crippen molar-refractivity contribution in [3.63, 3.8) is 0 Å². The van der Waals surface area contributed by atoms with E-state index in [1.807, 2.05) is 0 Å². The van der Waals surface area contributed by atoms with Crippen molar-refractivity contribution in [3.05, 3.63) is 56.8 Å². The second-order valence-corrected chi connectivity index (χ2v) is 5.95. The minimum absolute atomic E-state index is 0.123. The Labute approximate surface area is 134 Å². The van der Waals surface area contributed by atoms with Crippen molar-refractivity contribution >= 4 is 27.5 Å². The number of ether oxygens (including phenoxy) is 2. The number of benzene rings is 2. The Morgan fingerprint density at radius 2 is 2.10 bits per heavy atom. The average molecular weight is 374 g/mol. The molecule has 1 atom stereocenters. The van der Waals surface area contributed by atoms with Crippen LogP contribution in [0.15, 0.2) is 34.8 Å². The number of hydrogen-bond acceptors (Lipinski definition) is 3. The molecule has 1 N–H and O–H groups in total. The van der Waals surface area contributed by atoms with Crippen LogP contribution in [0.1, 0.15) is 17.2 Å². The summed E-state index contributed by atoms with van der Waals surface area (Å²) in [5.41, 5.74) is 1.43. The predicted octanol–water partition coefficient (Wildman–Crippen LogP) is 4.25. The topological polar surface area (TPSA) is 38.7 Å². The van der Waals surface area contributed by atoms with Crippen LogP contribution in [0.5, 0.6) is 11.5 Å². The monoisotopic (exact) mass is 372 g/mol. The third-order valence-corrected chi connectivity index (χ3v) is 4.28. The molecule has 0 aromatic heterocycles. The van der Waals surface area contributed by atoms with Crippen LogP contribution >= 0.6 is 27.5 Å². The third kappa shape index (κ3) is 3.00. The van der Waals surface area contributed by atoms with Gasteiger partial charge in [-0.2, -0.15) is 0 Å². The molecule has 1 heterocycles. The van der Waals surface area contributed by atoms with Crippen LogP contribution in [0.25, 0.3) is 0 Å². The van der Waals surface area contributed by atoms with Crippen molar-refractivity contribution in [2.24, 2.45) is 0 Å². The maximum absolute atomic E-state index is 13.1. The van der Waals surface area contributed by atoms with Gasteiger partial charge in [0.1, 0.15) is 5.82 Å². The van der Waals surface area contributed by atoms with Crippen molar-refractivity contribution in [1.29, 1.82) is 0 Å². The highest BCUT2D eigenvalue weighted by Crippen LogP contribution is 2.41. The average Bonchev–Trinajstić information content (AvgIpc) is 2.90. The Hall–Kier alpha value is -1.30. The second-order valence-electron chi connectivity index (χ2n) is 4.69. The molecule has 0 aliphatic carbocycles. The molecule has 2 aromatic carbocycles. The lowest BCUT2D eigenvalue weighted by Gasteiger charge is -2.13. The largest absolute Gasteiger partial charge is 0.454 e. The third-order valence-electron chi connectivity index (χ3n) is 3.26. The molecule has 0 radical (unpaired) electrons. The van der Waals surface area contributed by atoms with Gasteiger partial charge < -0.3 is 14.6 Å². The fraction of sp³-hybridized carbons (Fsp3) is 0.200. The van der Waals surface area contributed by atoms with E-state index in [4.69, 9.17) is 21.1 Å². The molecule has 0 saturated carbocycles. The number of fused-ring (bicyclic) bond motifs is 1. The Kier molecular flexibility index (Phi) is 4.06. The fourth-order valence-corrected chi connectivity index (χ4v) is 2.98. The number of aliphatic hydroxyl groups is 1. The normalized spacial score (nSPS) is 14.3. The van der Waals surface area contributed by atoms with Crippen molar-refractivity contribution in [2.45, 2.75) is 12.5 Å². The highest BCUT2D eigenvalue weighted by Gasteiger charge is 2.21. The lowest BCUT2D eigenvalue weighted by molar-refractivity contribution is 0.171. The van der Waals surface area contributed by atoms with Gasteiger partial charge in [0.15, 0.2) is 11.5 Å². The first-order valence-electron chi connectivity index (χ1n) is 6.25. The molecule has 2 aromatic rings. The van der Waals surface area contributed by atoms with Gasteiger partial charge in [-0.25, -0.2) is 4.39 Å². The first kappa shape index (κ1) is 14.6. The van der Waals surface area contributed by atoms with Crippen LogP contribution in [-0.4, -0.2) is 11.9 Å². The lowest BCUT2D eigenvalue weighted by Crippen LogP contribution is -2.03. The first-order chi connectivity index (χ1) is 10.0. The lowest BCUT2D eigenvalue weighted by atomic mass is 10.0. The zero-order chi connectivity index (χ0) is 15.0. The van der Waals surface area contributed by atoms with Gasteiger partial charge in [-0.05, 0) is 35.4 Å². The van der Waals surface area contributed by atoms with Crippen LogP contribution < -0.4 is 9.47 Å². The quantitative estimate of drug-likeness (QED) is 0.874. The van der Waals surface area contributed by atoms with E-state index in [0.29, 0.717) is 33.0 Å². The van der Waals surface area contributed by atoms with Crippen LogP contribution in [-0.2, 0) is 6.42 Å². The Bertz CT molecular complexity index is 693. The molecule has 1 aliphatic heterocycles. The molecular weight excluding hydrogens is 363 g/mol. The Balaban J connectivity index is 1.85. The van der Waals surface area contributed by atoms with Crippen molar-refractivity contribution in [2.75, 3.05) is 6.79 Å². The summed E-state index contributed by atoms with van der Waals surface area (Å²) in [6.45, 7) is 0.123. The molecule has 6 heteroatoms. The fourth-order valence-electron chi connectivity index (χ4n) is 2.19. The van der Waals surface area contributed by atoms with Gasteiger partial charge in [0, 0.05) is 10.9 Å². The van der Waals surface area contributed by atoms with Gasteiger partial charge in [0.25, 0.3) is 0 Å². The first-order valence-corrected chi connectivity index (χ1v) is 7.42. The maximum atomic E-state index is 13.1. The number of rotatable bonds is 3. The van der Waals surface area contributed by atoms with Gasteiger partial charge >= 0.3 is 0 Å². The van der Waals surface area contributed by atoms with E-state index in [0.717, 1.165) is 5.56 Å². The van der Waals surface area contributed by atoms with E-state index in [-0.39, 0.29) is 12.6 Å². The van der Waals surface area contributed by atoms with Crippen LogP contribution in [0.2, 0.25) is 5.02 Å². The molecule has 1 unspecified atom stereocenters. The summed E-state index contributed by atoms with van der Waals surface area (Å²) >= 11 is 9.39. The molecule has 3 nitrogen and oxygen atoms in total. The standard InChI is InChI=1S/C15H11BrClFO3/c16-11-6-10(18)2-1-8(11)4-13(19)9-3-12(17)15-14(5-9)20-7-21-15/h1-3,5-6,13,19H,4,7H2. The second kappa shape index (κ2) is 5.83. The molecule has 0 saturated heterocycles. The van der Waals surface area contributed by atoms with Crippen LogP contribution in [0, 0.1) is 5.82 Å². The highest BCUT2D eigenvalue weighted by molar-refractivity contribution is 9.10. The van der Waals surface area contributed by atoms with Gasteiger partial charge in [-0.1, -0.05) is 33.6 Å². The molecule has 0 fully saturated rings. The zero-order valence-corrected chi connectivity index (χ0v) is 13.1. The SMILES string of the molecule is OC(Cc1ccc(F)cc1Br)c1cc(Cl)c2c(c1)OCO2. The molecule has 0 amide bonds. The van der Waals surface area contributed by atoms with Crippen molar-refractivity contribution in [1.82, 2.24) is 0 Å². The summed E-state index contributed by atoms with van der Waals surface area (Å²) < 4.78 is 24.2. The van der Waals surface area contributed by atoms with E-state index in [2.05, 4.69) is 15.9 Å². The van der Waals surface area contributed by atoms with Gasteiger partial charge in [0.05, 0.1) is 11.1 Å². The summed E-state index contributed by atoms with van der Waals surface area (Å²) in [6.07, 6.45) is -0.449. The Morgan fingerprint density at radius 1 is 1.29 bits per heavy atom. The number of aliphatic hydroxyl groups excluding tert-OH is 1. The van der Waals surface area contributed by atoms with E-state index < -0.39 is 6.10 Å². The van der Waals surface area contributed by atoms with Crippen molar-refractivity contribution < 1.29 is 19.0 Å². The summed E-state index contributed by atoms with van der Waals surface area (Å²) in [5, 5.41) is 10.8. The maximum Gasteiger partial charge on any atom is 0.231 e. The molecule has 0 spiro atoms. The molecular formula is C15H11BrClFO3. The predicted molar refractivity (Wildman–Crippen MR) is 80.3 cm³/mol. The Morgan fingerprint density at radius 3 is 2.86 bits per heavy atom. The van der Waals surface area contributed by atoms with Crippen LogP contribution in [0.3, 0.4) is 0 Å². The molecule has 1 aliphatic rings. The summed E-state index contributed by atoms with van der Waals surface area (Å²) in [5.74, 6) is 0.691. The minimum Gasteiger partial charge on any atom is -0.454 e. The van der Waals surface area contributed by atoms with E-state index in [1.54, 1.807) is 18.2 Å². The molecule has 110 valence electrons. The number of hydrogen-bond donors (Lipinski definition) is 1. The van der Waals surface area contributed by atoms with Gasteiger partial charge in [-0.3, -0.25) is 0 Å². The highest BCUT2D eigenvalue weighted by atomic mass is 79.9. The zero-order valence-electron chi connectivity index (χ0n) is 10.8. The van der Waals surface area contributed by atoms with E-state index in [1.165, 1.54) is 12.1 Å². The van der Waals surface area contributed by atoms with Crippen LogP contribution in [0.4, 0.5) is 4.39 Å². The smallest absolute Gasteiger partial charge is 0.231 e. The molecule has 0 bridgehead atoms.